The van der Waals surface area contributed by atoms with Gasteiger partial charge in [0, 0.05) is 6.92 Å². The van der Waals surface area contributed by atoms with Crippen molar-refractivity contribution in [2.24, 2.45) is 0 Å². The second-order valence-corrected chi connectivity index (χ2v) is 6.36. The van der Waals surface area contributed by atoms with Crippen molar-refractivity contribution in [1.29, 1.82) is 0 Å². The third kappa shape index (κ3) is 3.38. The summed E-state index contributed by atoms with van der Waals surface area (Å²) in [6.07, 6.45) is -2.63. The molecule has 26 heavy (non-hydrogen) atoms. The number of carbonyl (C=O) groups is 1. The number of aromatic nitrogens is 2. The maximum absolute atomic E-state index is 12.9. The lowest BCUT2D eigenvalue weighted by molar-refractivity contribution is -0.150. The molecule has 140 valence electrons. The molecule has 1 aromatic carbocycles. The van der Waals surface area contributed by atoms with Crippen LogP contribution in [0.2, 0.25) is 0 Å². The Labute approximate surface area is 145 Å². The second kappa shape index (κ2) is 6.62. The number of esters is 1. The number of hydrogen-bond donors (Lipinski definition) is 1. The molecule has 6 nitrogen and oxygen atoms in total. The van der Waals surface area contributed by atoms with Gasteiger partial charge in [-0.25, -0.2) is 0 Å². The number of fused-ring (bicyclic) bond motifs is 1. The average molecular weight is 370 g/mol. The Bertz CT molecular complexity index is 961. The van der Waals surface area contributed by atoms with Crippen LogP contribution in [-0.2, 0) is 15.7 Å². The van der Waals surface area contributed by atoms with Crippen LogP contribution in [0, 0.1) is 0 Å². The number of H-pyrrole nitrogens is 1. The van der Waals surface area contributed by atoms with E-state index in [-0.39, 0.29) is 11.0 Å². The van der Waals surface area contributed by atoms with E-state index in [1.807, 2.05) is 0 Å². The van der Waals surface area contributed by atoms with Gasteiger partial charge in [0.15, 0.2) is 0 Å². The number of ether oxygens (including phenoxy) is 1. The second-order valence-electron chi connectivity index (χ2n) is 6.36. The van der Waals surface area contributed by atoms with E-state index in [2.05, 4.69) is 4.98 Å². The molecule has 1 heterocycles. The minimum atomic E-state index is -4.57. The third-order valence-electron chi connectivity index (χ3n) is 4.56. The van der Waals surface area contributed by atoms with Crippen molar-refractivity contribution in [2.45, 2.75) is 50.9 Å². The standard InChI is InChI=1S/C17H17F3N2O4/c1-9(23)26-14-5-3-2-4-13(14)22-12-7-6-10(17(18,19)20)8-11(12)21-15(24)16(22)25/h6-8,13-14H,2-5H2,1H3,(H,21,24). The zero-order valence-electron chi connectivity index (χ0n) is 13.9. The molecule has 9 heteroatoms. The van der Waals surface area contributed by atoms with Gasteiger partial charge in [-0.3, -0.25) is 19.0 Å². The lowest BCUT2D eigenvalue weighted by Gasteiger charge is -2.32. The van der Waals surface area contributed by atoms with Crippen LogP contribution in [0.25, 0.3) is 11.0 Å². The normalized spacial score (nSPS) is 20.9. The predicted octanol–water partition coefficient (Wildman–Crippen LogP) is 2.76. The zero-order valence-corrected chi connectivity index (χ0v) is 13.9. The van der Waals surface area contributed by atoms with E-state index in [9.17, 15) is 27.6 Å². The van der Waals surface area contributed by atoms with Gasteiger partial charge in [0.25, 0.3) is 0 Å². The van der Waals surface area contributed by atoms with Crippen molar-refractivity contribution in [3.63, 3.8) is 0 Å². The van der Waals surface area contributed by atoms with E-state index in [4.69, 9.17) is 4.74 Å². The molecule has 2 aromatic rings. The number of rotatable bonds is 2. The fraction of sp³-hybridized carbons (Fsp3) is 0.471. The number of aromatic amines is 1. The minimum absolute atomic E-state index is 0.0865. The van der Waals surface area contributed by atoms with E-state index in [0.29, 0.717) is 12.8 Å². The van der Waals surface area contributed by atoms with Crippen LogP contribution in [0.5, 0.6) is 0 Å². The van der Waals surface area contributed by atoms with Crippen LogP contribution in [-0.4, -0.2) is 21.6 Å². The number of carbonyl (C=O) groups excluding carboxylic acids is 1. The molecule has 1 saturated carbocycles. The number of nitrogens with zero attached hydrogens (tertiary/aromatic N) is 1. The summed E-state index contributed by atoms with van der Waals surface area (Å²) < 4.78 is 45.3. The molecule has 2 unspecified atom stereocenters. The first-order valence-electron chi connectivity index (χ1n) is 8.21. The lowest BCUT2D eigenvalue weighted by Crippen LogP contribution is -2.43. The molecule has 0 saturated heterocycles. The van der Waals surface area contributed by atoms with Crippen molar-refractivity contribution in [3.05, 3.63) is 44.5 Å². The summed E-state index contributed by atoms with van der Waals surface area (Å²) in [5.41, 5.74) is -2.72. The molecule has 2 atom stereocenters. The van der Waals surface area contributed by atoms with E-state index in [1.54, 1.807) is 0 Å². The summed E-state index contributed by atoms with van der Waals surface area (Å²) in [6, 6.07) is 2.23. The Morgan fingerprint density at radius 1 is 1.23 bits per heavy atom. The van der Waals surface area contributed by atoms with Crippen molar-refractivity contribution < 1.29 is 22.7 Å². The van der Waals surface area contributed by atoms with Crippen LogP contribution in [0.1, 0.15) is 44.2 Å². The SMILES string of the molecule is CC(=O)OC1CCCCC1n1c(=O)c(=O)[nH]c2cc(C(F)(F)F)ccc21. The van der Waals surface area contributed by atoms with E-state index in [0.717, 1.165) is 31.0 Å². The maximum atomic E-state index is 12.9. The first-order chi connectivity index (χ1) is 12.2. The highest BCUT2D eigenvalue weighted by molar-refractivity contribution is 5.75. The van der Waals surface area contributed by atoms with E-state index >= 15 is 0 Å². The highest BCUT2D eigenvalue weighted by Gasteiger charge is 2.33. The third-order valence-corrected chi connectivity index (χ3v) is 4.56. The topological polar surface area (TPSA) is 81.2 Å². The van der Waals surface area contributed by atoms with Crippen LogP contribution >= 0.6 is 0 Å². The molecular weight excluding hydrogens is 353 g/mol. The highest BCUT2D eigenvalue weighted by atomic mass is 19.4. The summed E-state index contributed by atoms with van der Waals surface area (Å²) >= 11 is 0. The van der Waals surface area contributed by atoms with Crippen LogP contribution < -0.4 is 11.1 Å². The Morgan fingerprint density at radius 3 is 2.58 bits per heavy atom. The number of hydrogen-bond acceptors (Lipinski definition) is 4. The van der Waals surface area contributed by atoms with E-state index < -0.39 is 41.0 Å². The van der Waals surface area contributed by atoms with Crippen molar-refractivity contribution in [1.82, 2.24) is 9.55 Å². The summed E-state index contributed by atoms with van der Waals surface area (Å²) in [7, 11) is 0. The number of nitrogens with one attached hydrogen (secondary N) is 1. The molecule has 0 amide bonds. The molecule has 0 aliphatic heterocycles. The van der Waals surface area contributed by atoms with E-state index in [1.165, 1.54) is 11.5 Å². The van der Waals surface area contributed by atoms with Gasteiger partial charge >= 0.3 is 23.3 Å². The average Bonchev–Trinajstić information content (AvgIpc) is 2.55. The fourth-order valence-electron chi connectivity index (χ4n) is 3.47. The zero-order chi connectivity index (χ0) is 19.1. The molecule has 0 radical (unpaired) electrons. The van der Waals surface area contributed by atoms with Gasteiger partial charge < -0.3 is 9.72 Å². The quantitative estimate of drug-likeness (QED) is 0.651. The molecule has 0 spiro atoms. The van der Waals surface area contributed by atoms with Gasteiger partial charge in [0.05, 0.1) is 22.6 Å². The largest absolute Gasteiger partial charge is 0.460 e. The monoisotopic (exact) mass is 370 g/mol. The highest BCUT2D eigenvalue weighted by Crippen LogP contribution is 2.34. The van der Waals surface area contributed by atoms with Gasteiger partial charge in [-0.1, -0.05) is 6.42 Å². The van der Waals surface area contributed by atoms with Gasteiger partial charge in [-0.05, 0) is 37.5 Å². The summed E-state index contributed by atoms with van der Waals surface area (Å²) in [6.45, 7) is 1.25. The maximum Gasteiger partial charge on any atom is 0.416 e. The fourth-order valence-corrected chi connectivity index (χ4v) is 3.47. The summed E-state index contributed by atoms with van der Waals surface area (Å²) in [5, 5.41) is 0. The smallest absolute Gasteiger partial charge is 0.416 e. The summed E-state index contributed by atoms with van der Waals surface area (Å²) in [4.78, 5) is 38.0. The molecule has 1 aromatic heterocycles. The van der Waals surface area contributed by atoms with Gasteiger partial charge in [-0.2, -0.15) is 13.2 Å². The van der Waals surface area contributed by atoms with Crippen molar-refractivity contribution in [3.8, 4) is 0 Å². The van der Waals surface area contributed by atoms with Crippen molar-refractivity contribution in [2.75, 3.05) is 0 Å². The van der Waals surface area contributed by atoms with Gasteiger partial charge in [0.1, 0.15) is 6.10 Å². The van der Waals surface area contributed by atoms with Gasteiger partial charge in [0.2, 0.25) is 0 Å². The lowest BCUT2D eigenvalue weighted by atomic mass is 9.91. The molecule has 1 N–H and O–H groups in total. The first kappa shape index (κ1) is 18.2. The van der Waals surface area contributed by atoms with Crippen LogP contribution in [0.15, 0.2) is 27.8 Å². The Morgan fingerprint density at radius 2 is 1.92 bits per heavy atom. The Kier molecular flexibility index (Phi) is 4.64. The molecule has 3 rings (SSSR count). The number of alkyl halides is 3. The van der Waals surface area contributed by atoms with Crippen LogP contribution in [0.3, 0.4) is 0 Å². The molecular formula is C17H17F3N2O4. The molecule has 1 aliphatic carbocycles. The summed E-state index contributed by atoms with van der Waals surface area (Å²) in [5.74, 6) is -0.511. The Hall–Kier alpha value is -2.58. The minimum Gasteiger partial charge on any atom is -0.460 e. The first-order valence-corrected chi connectivity index (χ1v) is 8.21. The van der Waals surface area contributed by atoms with Crippen molar-refractivity contribution >= 4 is 17.0 Å². The number of benzene rings is 1. The predicted molar refractivity (Wildman–Crippen MR) is 86.9 cm³/mol. The van der Waals surface area contributed by atoms with Crippen LogP contribution in [0.4, 0.5) is 13.2 Å². The molecule has 1 aliphatic rings. The molecule has 0 bridgehead atoms. The molecule has 1 fully saturated rings. The Balaban J connectivity index is 2.20. The number of halogens is 3. The van der Waals surface area contributed by atoms with Gasteiger partial charge in [-0.15, -0.1) is 0 Å².